The molecule has 1 N–H and O–H groups in total. The first kappa shape index (κ1) is 9.96. The van der Waals surface area contributed by atoms with E-state index in [9.17, 15) is 4.79 Å². The lowest BCUT2D eigenvalue weighted by Crippen LogP contribution is -2.23. The van der Waals surface area contributed by atoms with Gasteiger partial charge in [0.1, 0.15) is 6.61 Å². The van der Waals surface area contributed by atoms with Gasteiger partial charge in [-0.3, -0.25) is 0 Å². The van der Waals surface area contributed by atoms with Crippen LogP contribution in [0.5, 0.6) is 0 Å². The zero-order chi connectivity index (χ0) is 7.98. The van der Waals surface area contributed by atoms with Crippen LogP contribution in [0.4, 0.5) is 4.79 Å². The molecule has 0 spiro atoms. The molecule has 5 heteroatoms. The molecule has 0 saturated heterocycles. The smallest absolute Gasteiger partial charge is 0.406 e. The van der Waals surface area contributed by atoms with Gasteiger partial charge in [0.25, 0.3) is 0 Å². The molecule has 4 nitrogen and oxygen atoms in total. The Hall–Kier alpha value is -0.0400. The lowest BCUT2D eigenvalue weighted by molar-refractivity contribution is 0.146. The number of halogens is 1. The molecule has 10 heavy (non-hydrogen) atoms. The number of likely N-dealkylation sites (N-methyl/N-ethyl adjacent to an activating group) is 1. The Bertz CT molecular complexity index is 108. The van der Waals surface area contributed by atoms with Gasteiger partial charge < -0.3 is 10.1 Å². The summed E-state index contributed by atoms with van der Waals surface area (Å²) in [4.78, 5) is 10.4. The first-order valence-corrected chi connectivity index (χ1v) is 3.84. The number of carbonyl (C=O) groups is 1. The second-order valence-electron chi connectivity index (χ2n) is 1.71. The van der Waals surface area contributed by atoms with E-state index >= 15 is 0 Å². The highest BCUT2D eigenvalue weighted by atomic mass is 127. The van der Waals surface area contributed by atoms with Gasteiger partial charge in [-0.15, -0.1) is 0 Å². The van der Waals surface area contributed by atoms with E-state index in [2.05, 4.69) is 28.2 Å². The molecule has 0 aliphatic heterocycles. The number of carbonyl (C=O) groups excluding carboxylic acids is 1. The van der Waals surface area contributed by atoms with E-state index in [1.165, 1.54) is 7.05 Å². The lowest BCUT2D eigenvalue weighted by Gasteiger charge is -2.06. The van der Waals surface area contributed by atoms with E-state index in [0.29, 0.717) is 6.61 Å². The first-order valence-electron chi connectivity index (χ1n) is 2.88. The van der Waals surface area contributed by atoms with Crippen LogP contribution >= 0.6 is 22.9 Å². The molecule has 0 aromatic heterocycles. The molecule has 0 atom stereocenters. The fourth-order valence-electron chi connectivity index (χ4n) is 0.336. The van der Waals surface area contributed by atoms with Gasteiger partial charge in [0.2, 0.25) is 0 Å². The van der Waals surface area contributed by atoms with E-state index in [1.807, 2.05) is 10.2 Å². The van der Waals surface area contributed by atoms with Crippen molar-refractivity contribution in [2.24, 2.45) is 0 Å². The second-order valence-corrected chi connectivity index (χ2v) is 3.36. The van der Waals surface area contributed by atoms with Gasteiger partial charge in [-0.2, -0.15) is 0 Å². The van der Waals surface area contributed by atoms with Crippen molar-refractivity contribution in [2.75, 3.05) is 27.2 Å². The number of nitrogens with zero attached hydrogens (tertiary/aromatic N) is 1. The van der Waals surface area contributed by atoms with Crippen LogP contribution in [0.1, 0.15) is 0 Å². The predicted octanol–water partition coefficient (Wildman–Crippen LogP) is 0.624. The van der Waals surface area contributed by atoms with Crippen molar-refractivity contribution in [3.05, 3.63) is 0 Å². The fraction of sp³-hybridized carbons (Fsp3) is 0.800. The summed E-state index contributed by atoms with van der Waals surface area (Å²) in [6.45, 7) is 1.17. The van der Waals surface area contributed by atoms with Crippen LogP contribution in [-0.4, -0.2) is 36.5 Å². The van der Waals surface area contributed by atoms with E-state index in [1.54, 1.807) is 0 Å². The van der Waals surface area contributed by atoms with Crippen LogP contribution in [0.15, 0.2) is 0 Å². The van der Waals surface area contributed by atoms with Gasteiger partial charge in [0.05, 0.1) is 0 Å². The highest BCUT2D eigenvalue weighted by molar-refractivity contribution is 14.1. The Kier molecular flexibility index (Phi) is 5.70. The SMILES string of the molecule is CNC(=O)OCCN(C)I. The molecular formula is C5H11IN2O2. The minimum Gasteiger partial charge on any atom is -0.448 e. The second kappa shape index (κ2) is 5.72. The average molecular weight is 258 g/mol. The number of nitrogens with one attached hydrogen (secondary N) is 1. The molecule has 0 unspecified atom stereocenters. The maximum absolute atomic E-state index is 10.4. The lowest BCUT2D eigenvalue weighted by atomic mass is 10.7. The molecule has 0 aliphatic rings. The average Bonchev–Trinajstić information content (AvgIpc) is 1.87. The van der Waals surface area contributed by atoms with Gasteiger partial charge in [0.15, 0.2) is 0 Å². The van der Waals surface area contributed by atoms with Crippen LogP contribution in [0.3, 0.4) is 0 Å². The number of ether oxygens (including phenoxy) is 1. The minimum atomic E-state index is -0.377. The topological polar surface area (TPSA) is 41.6 Å². The van der Waals surface area contributed by atoms with E-state index in [0.717, 1.165) is 6.54 Å². The summed E-state index contributed by atoms with van der Waals surface area (Å²) in [5.74, 6) is 0. The summed E-state index contributed by atoms with van der Waals surface area (Å²) in [6, 6.07) is 0. The van der Waals surface area contributed by atoms with E-state index < -0.39 is 0 Å². The molecule has 0 saturated carbocycles. The number of amides is 1. The summed E-state index contributed by atoms with van der Waals surface area (Å²) in [7, 11) is 3.45. The Labute approximate surface area is 74.4 Å². The van der Waals surface area contributed by atoms with Crippen molar-refractivity contribution in [1.29, 1.82) is 0 Å². The third-order valence-electron chi connectivity index (χ3n) is 0.837. The first-order chi connectivity index (χ1) is 4.66. The summed E-state index contributed by atoms with van der Waals surface area (Å²) in [5, 5.41) is 2.36. The summed E-state index contributed by atoms with van der Waals surface area (Å²) in [6.07, 6.45) is -0.377. The molecule has 0 aromatic carbocycles. The highest BCUT2D eigenvalue weighted by Crippen LogP contribution is 1.90. The van der Waals surface area contributed by atoms with Crippen LogP contribution in [-0.2, 0) is 4.74 Å². The fourth-order valence-corrected chi connectivity index (χ4v) is 0.533. The van der Waals surface area contributed by atoms with Crippen molar-refractivity contribution in [2.45, 2.75) is 0 Å². The zero-order valence-corrected chi connectivity index (χ0v) is 8.21. The van der Waals surface area contributed by atoms with Crippen molar-refractivity contribution < 1.29 is 9.53 Å². The number of rotatable bonds is 3. The van der Waals surface area contributed by atoms with Gasteiger partial charge in [0, 0.05) is 36.5 Å². The van der Waals surface area contributed by atoms with Gasteiger partial charge >= 0.3 is 6.09 Å². The Balaban J connectivity index is 3.12. The summed E-state index contributed by atoms with van der Waals surface area (Å²) in [5.41, 5.74) is 0. The maximum Gasteiger partial charge on any atom is 0.406 e. The predicted molar refractivity (Wildman–Crippen MR) is 47.1 cm³/mol. The normalized spacial score (nSPS) is 9.60. The van der Waals surface area contributed by atoms with Crippen LogP contribution in [0.25, 0.3) is 0 Å². The molecule has 0 heterocycles. The molecular weight excluding hydrogens is 247 g/mol. The molecule has 0 aliphatic carbocycles. The van der Waals surface area contributed by atoms with E-state index in [4.69, 9.17) is 4.74 Å². The molecule has 1 amide bonds. The van der Waals surface area contributed by atoms with E-state index in [-0.39, 0.29) is 6.09 Å². The number of hydrogen-bond donors (Lipinski definition) is 1. The third-order valence-corrected chi connectivity index (χ3v) is 1.32. The van der Waals surface area contributed by atoms with Gasteiger partial charge in [-0.25, -0.2) is 7.91 Å². The van der Waals surface area contributed by atoms with Crippen LogP contribution < -0.4 is 5.32 Å². The maximum atomic E-state index is 10.4. The standard InChI is InChI=1S/C5H11IN2O2/c1-7-5(9)10-4-3-8(2)6/h3-4H2,1-2H3,(H,7,9). The molecule has 0 rings (SSSR count). The summed E-state index contributed by atoms with van der Waals surface area (Å²) < 4.78 is 6.62. The van der Waals surface area contributed by atoms with Crippen LogP contribution in [0.2, 0.25) is 0 Å². The Morgan fingerprint density at radius 1 is 1.80 bits per heavy atom. The monoisotopic (exact) mass is 258 g/mol. The molecule has 60 valence electrons. The minimum absolute atomic E-state index is 0.377. The van der Waals surface area contributed by atoms with Crippen molar-refractivity contribution >= 4 is 29.0 Å². The molecule has 0 fully saturated rings. The van der Waals surface area contributed by atoms with Crippen LogP contribution in [0, 0.1) is 0 Å². The van der Waals surface area contributed by atoms with Crippen molar-refractivity contribution in [3.8, 4) is 0 Å². The molecule has 0 aromatic rings. The molecule has 0 radical (unpaired) electrons. The number of alkyl carbamates (subject to hydrolysis) is 1. The van der Waals surface area contributed by atoms with Gasteiger partial charge in [-0.1, -0.05) is 0 Å². The highest BCUT2D eigenvalue weighted by Gasteiger charge is 1.96. The third kappa shape index (κ3) is 6.09. The zero-order valence-electron chi connectivity index (χ0n) is 6.06. The summed E-state index contributed by atoms with van der Waals surface area (Å²) >= 11 is 2.12. The largest absolute Gasteiger partial charge is 0.448 e. The Morgan fingerprint density at radius 2 is 2.40 bits per heavy atom. The van der Waals surface area contributed by atoms with Gasteiger partial charge in [-0.05, 0) is 7.05 Å². The number of hydrogen-bond acceptors (Lipinski definition) is 3. The Morgan fingerprint density at radius 3 is 2.80 bits per heavy atom. The molecule has 0 bridgehead atoms. The van der Waals surface area contributed by atoms with Crippen molar-refractivity contribution in [1.82, 2.24) is 8.43 Å². The quantitative estimate of drug-likeness (QED) is 0.596. The van der Waals surface area contributed by atoms with Crippen molar-refractivity contribution in [3.63, 3.8) is 0 Å².